The van der Waals surface area contributed by atoms with Crippen molar-refractivity contribution in [2.75, 3.05) is 6.61 Å². The highest BCUT2D eigenvalue weighted by atomic mass is 16.3. The first-order valence-corrected chi connectivity index (χ1v) is 5.86. The lowest BCUT2D eigenvalue weighted by atomic mass is 9.95. The van der Waals surface area contributed by atoms with Crippen LogP contribution in [-0.4, -0.2) is 11.7 Å². The fourth-order valence-corrected chi connectivity index (χ4v) is 1.70. The summed E-state index contributed by atoms with van der Waals surface area (Å²) < 4.78 is 0. The Kier molecular flexibility index (Phi) is 5.01. The van der Waals surface area contributed by atoms with E-state index in [4.69, 9.17) is 10.4 Å². The number of aliphatic hydroxyl groups excluding tert-OH is 1. The van der Waals surface area contributed by atoms with Crippen LogP contribution in [0, 0.1) is 11.3 Å². The van der Waals surface area contributed by atoms with Gasteiger partial charge in [0, 0.05) is 12.5 Å². The third-order valence-electron chi connectivity index (χ3n) is 2.81. The molecule has 1 atom stereocenters. The minimum atomic E-state index is 0.105. The first-order chi connectivity index (χ1) is 7.71. The maximum atomic E-state index is 9.14. The first kappa shape index (κ1) is 12.7. The number of unbranched alkanes of at least 4 members (excludes halogenated alkanes) is 1. The minimum absolute atomic E-state index is 0.105. The predicted octanol–water partition coefficient (Wildman–Crippen LogP) is 3.00. The van der Waals surface area contributed by atoms with Gasteiger partial charge in [-0.3, -0.25) is 0 Å². The van der Waals surface area contributed by atoms with E-state index in [1.165, 1.54) is 5.56 Å². The average Bonchev–Trinajstić information content (AvgIpc) is 2.34. The molecule has 0 radical (unpaired) electrons. The molecule has 1 rings (SSSR count). The van der Waals surface area contributed by atoms with Crippen LogP contribution >= 0.6 is 0 Å². The summed E-state index contributed by atoms with van der Waals surface area (Å²) >= 11 is 0. The molecule has 2 heteroatoms. The molecule has 0 bridgehead atoms. The average molecular weight is 217 g/mol. The Labute approximate surface area is 97.5 Å². The molecule has 1 aromatic rings. The standard InChI is InChI=1S/C14H19NO/c1-3-4-5-12-6-13(9-15)8-14(7-12)11(2)10-16/h6-8,11,16H,3-5,10H2,1-2H3. The minimum Gasteiger partial charge on any atom is -0.396 e. The summed E-state index contributed by atoms with van der Waals surface area (Å²) in [6.07, 6.45) is 3.31. The van der Waals surface area contributed by atoms with Crippen molar-refractivity contribution >= 4 is 0 Å². The van der Waals surface area contributed by atoms with E-state index in [-0.39, 0.29) is 12.5 Å². The van der Waals surface area contributed by atoms with E-state index in [0.29, 0.717) is 5.56 Å². The first-order valence-electron chi connectivity index (χ1n) is 5.86. The van der Waals surface area contributed by atoms with Crippen molar-refractivity contribution in [2.45, 2.75) is 39.0 Å². The molecule has 16 heavy (non-hydrogen) atoms. The van der Waals surface area contributed by atoms with Gasteiger partial charge in [0.2, 0.25) is 0 Å². The van der Waals surface area contributed by atoms with Gasteiger partial charge in [0.25, 0.3) is 0 Å². The summed E-state index contributed by atoms with van der Waals surface area (Å²) in [5, 5.41) is 18.1. The van der Waals surface area contributed by atoms with Gasteiger partial charge in [-0.25, -0.2) is 0 Å². The summed E-state index contributed by atoms with van der Waals surface area (Å²) in [5.41, 5.74) is 2.97. The number of aryl methyl sites for hydroxylation is 1. The number of aliphatic hydroxyl groups is 1. The lowest BCUT2D eigenvalue weighted by molar-refractivity contribution is 0.273. The molecule has 86 valence electrons. The second kappa shape index (κ2) is 6.30. The molecule has 0 aliphatic heterocycles. The van der Waals surface area contributed by atoms with Crippen LogP contribution in [0.3, 0.4) is 0 Å². The van der Waals surface area contributed by atoms with Gasteiger partial charge in [-0.15, -0.1) is 0 Å². The zero-order valence-electron chi connectivity index (χ0n) is 10.0. The molecule has 0 saturated heterocycles. The molecule has 0 saturated carbocycles. The van der Waals surface area contributed by atoms with E-state index in [1.807, 2.05) is 19.1 Å². The van der Waals surface area contributed by atoms with Crippen molar-refractivity contribution in [1.82, 2.24) is 0 Å². The number of benzene rings is 1. The smallest absolute Gasteiger partial charge is 0.0991 e. The van der Waals surface area contributed by atoms with Crippen molar-refractivity contribution in [3.63, 3.8) is 0 Å². The normalized spacial score (nSPS) is 12.1. The van der Waals surface area contributed by atoms with E-state index in [1.54, 1.807) is 0 Å². The van der Waals surface area contributed by atoms with Gasteiger partial charge in [-0.2, -0.15) is 5.26 Å². The van der Waals surface area contributed by atoms with Crippen LogP contribution in [0.15, 0.2) is 18.2 Å². The van der Waals surface area contributed by atoms with E-state index >= 15 is 0 Å². The Morgan fingerprint density at radius 3 is 2.69 bits per heavy atom. The van der Waals surface area contributed by atoms with Crippen molar-refractivity contribution in [2.24, 2.45) is 0 Å². The zero-order valence-corrected chi connectivity index (χ0v) is 10.0. The maximum Gasteiger partial charge on any atom is 0.0991 e. The molecule has 0 aromatic heterocycles. The van der Waals surface area contributed by atoms with E-state index in [0.717, 1.165) is 24.8 Å². The second-order valence-corrected chi connectivity index (χ2v) is 4.26. The summed E-state index contributed by atoms with van der Waals surface area (Å²) in [7, 11) is 0. The molecule has 0 heterocycles. The Morgan fingerprint density at radius 1 is 1.38 bits per heavy atom. The largest absolute Gasteiger partial charge is 0.396 e. The van der Waals surface area contributed by atoms with Crippen LogP contribution in [-0.2, 0) is 6.42 Å². The highest BCUT2D eigenvalue weighted by Crippen LogP contribution is 2.19. The third-order valence-corrected chi connectivity index (χ3v) is 2.81. The number of nitrogens with zero attached hydrogens (tertiary/aromatic N) is 1. The SMILES string of the molecule is CCCCc1cc(C#N)cc(C(C)CO)c1. The van der Waals surface area contributed by atoms with Gasteiger partial charge in [0.1, 0.15) is 0 Å². The van der Waals surface area contributed by atoms with Crippen molar-refractivity contribution < 1.29 is 5.11 Å². The highest BCUT2D eigenvalue weighted by molar-refractivity contribution is 5.39. The zero-order chi connectivity index (χ0) is 12.0. The Balaban J connectivity index is 2.97. The lowest BCUT2D eigenvalue weighted by Gasteiger charge is -2.11. The van der Waals surface area contributed by atoms with Crippen LogP contribution in [0.4, 0.5) is 0 Å². The molecule has 0 fully saturated rings. The second-order valence-electron chi connectivity index (χ2n) is 4.26. The Hall–Kier alpha value is -1.33. The summed E-state index contributed by atoms with van der Waals surface area (Å²) in [6.45, 7) is 4.26. The van der Waals surface area contributed by atoms with E-state index < -0.39 is 0 Å². The molecule has 1 aromatic carbocycles. The van der Waals surface area contributed by atoms with Crippen LogP contribution < -0.4 is 0 Å². The number of nitriles is 1. The van der Waals surface area contributed by atoms with Crippen molar-refractivity contribution in [1.29, 1.82) is 5.26 Å². The van der Waals surface area contributed by atoms with Crippen LogP contribution in [0.2, 0.25) is 0 Å². The summed E-state index contributed by atoms with van der Waals surface area (Å²) in [4.78, 5) is 0. The fraction of sp³-hybridized carbons (Fsp3) is 0.500. The van der Waals surface area contributed by atoms with Crippen molar-refractivity contribution in [3.8, 4) is 6.07 Å². The lowest BCUT2D eigenvalue weighted by Crippen LogP contribution is -2.01. The predicted molar refractivity (Wildman–Crippen MR) is 65.3 cm³/mol. The van der Waals surface area contributed by atoms with Gasteiger partial charge in [0.05, 0.1) is 11.6 Å². The molecular formula is C14H19NO. The Bertz CT molecular complexity index is 379. The van der Waals surface area contributed by atoms with E-state index in [2.05, 4.69) is 19.1 Å². The van der Waals surface area contributed by atoms with Gasteiger partial charge < -0.3 is 5.11 Å². The molecule has 0 aliphatic rings. The molecule has 0 spiro atoms. The molecule has 0 aliphatic carbocycles. The number of hydrogen-bond donors (Lipinski definition) is 1. The topological polar surface area (TPSA) is 44.0 Å². The summed E-state index contributed by atoms with van der Waals surface area (Å²) in [5.74, 6) is 0.105. The van der Waals surface area contributed by atoms with Gasteiger partial charge in [-0.05, 0) is 36.1 Å². The third kappa shape index (κ3) is 3.36. The van der Waals surface area contributed by atoms with Gasteiger partial charge in [0.15, 0.2) is 0 Å². The summed E-state index contributed by atoms with van der Waals surface area (Å²) in [6, 6.07) is 8.11. The monoisotopic (exact) mass is 217 g/mol. The van der Waals surface area contributed by atoms with Crippen LogP contribution in [0.25, 0.3) is 0 Å². The van der Waals surface area contributed by atoms with Crippen molar-refractivity contribution in [3.05, 3.63) is 34.9 Å². The van der Waals surface area contributed by atoms with Gasteiger partial charge >= 0.3 is 0 Å². The van der Waals surface area contributed by atoms with Crippen LogP contribution in [0.5, 0.6) is 0 Å². The maximum absolute atomic E-state index is 9.14. The molecule has 1 unspecified atom stereocenters. The number of hydrogen-bond acceptors (Lipinski definition) is 2. The molecule has 2 nitrogen and oxygen atoms in total. The molecule has 0 amide bonds. The highest BCUT2D eigenvalue weighted by Gasteiger charge is 2.07. The van der Waals surface area contributed by atoms with E-state index in [9.17, 15) is 0 Å². The number of rotatable bonds is 5. The molecular weight excluding hydrogens is 198 g/mol. The van der Waals surface area contributed by atoms with Crippen LogP contribution in [0.1, 0.15) is 49.3 Å². The quantitative estimate of drug-likeness (QED) is 0.824. The van der Waals surface area contributed by atoms with Gasteiger partial charge in [-0.1, -0.05) is 26.3 Å². The fourth-order valence-electron chi connectivity index (χ4n) is 1.70. The Morgan fingerprint density at radius 2 is 2.12 bits per heavy atom. The molecule has 1 N–H and O–H groups in total.